The van der Waals surface area contributed by atoms with Gasteiger partial charge < -0.3 is 4.42 Å². The number of rotatable bonds is 8. The maximum atomic E-state index is 16.5. The maximum Gasteiger partial charge on any atom is 0.250 e. The minimum atomic E-state index is -1.56. The van der Waals surface area contributed by atoms with Gasteiger partial charge in [-0.25, -0.2) is 8.78 Å². The van der Waals surface area contributed by atoms with Gasteiger partial charge in [-0.05, 0) is 53.4 Å². The van der Waals surface area contributed by atoms with Crippen molar-refractivity contribution in [1.29, 1.82) is 5.26 Å². The molecule has 37 heavy (non-hydrogen) atoms. The van der Waals surface area contributed by atoms with E-state index in [1.807, 2.05) is 49.4 Å². The molecule has 0 unspecified atom stereocenters. The molecule has 1 aromatic heterocycles. The van der Waals surface area contributed by atoms with E-state index in [1.54, 1.807) is 18.2 Å². The number of nitriles is 1. The standard InChI is InChI=1S/C29H25ClF2N4O/c1-2-29(32,14-22-7-4-8-25(31)26(22)28-35-34-18-37-28)23-16-36(17-23)27(20-9-11-24(30)12-10-20)21-6-3-5-19(13-21)15-33/h3-13,18,23,27H,2,14,16-17H2,1H3/t27-,29-/m0/s1. The van der Waals surface area contributed by atoms with Gasteiger partial charge in [-0.3, -0.25) is 4.90 Å². The van der Waals surface area contributed by atoms with E-state index in [0.29, 0.717) is 29.2 Å². The molecule has 1 aliphatic heterocycles. The molecule has 5 nitrogen and oxygen atoms in total. The average molecular weight is 519 g/mol. The van der Waals surface area contributed by atoms with Crippen LogP contribution in [0.1, 0.15) is 41.6 Å². The van der Waals surface area contributed by atoms with Gasteiger partial charge in [-0.15, -0.1) is 10.2 Å². The molecule has 1 saturated heterocycles. The largest absolute Gasteiger partial charge is 0.423 e. The van der Waals surface area contributed by atoms with Crippen molar-refractivity contribution in [3.63, 3.8) is 0 Å². The summed E-state index contributed by atoms with van der Waals surface area (Å²) in [5, 5.41) is 17.6. The Bertz CT molecular complexity index is 1410. The lowest BCUT2D eigenvalue weighted by atomic mass is 9.75. The lowest BCUT2D eigenvalue weighted by Gasteiger charge is -2.50. The lowest BCUT2D eigenvalue weighted by molar-refractivity contribution is -0.0453. The van der Waals surface area contributed by atoms with Crippen LogP contribution >= 0.6 is 11.6 Å². The van der Waals surface area contributed by atoms with Gasteiger partial charge in [0.2, 0.25) is 6.39 Å². The van der Waals surface area contributed by atoms with Crippen LogP contribution in [0.5, 0.6) is 0 Å². The average Bonchev–Trinajstić information content (AvgIpc) is 3.41. The van der Waals surface area contributed by atoms with Crippen LogP contribution in [0.3, 0.4) is 0 Å². The number of likely N-dealkylation sites (tertiary alicyclic amines) is 1. The minimum Gasteiger partial charge on any atom is -0.423 e. The third-order valence-corrected chi connectivity index (χ3v) is 7.52. The van der Waals surface area contributed by atoms with Gasteiger partial charge >= 0.3 is 0 Å². The van der Waals surface area contributed by atoms with Crippen LogP contribution in [-0.2, 0) is 6.42 Å². The Balaban J connectivity index is 1.41. The summed E-state index contributed by atoms with van der Waals surface area (Å²) in [4.78, 5) is 2.21. The van der Waals surface area contributed by atoms with Gasteiger partial charge in [0.05, 0.1) is 23.2 Å². The Morgan fingerprint density at radius 1 is 1.14 bits per heavy atom. The van der Waals surface area contributed by atoms with E-state index >= 15 is 4.39 Å². The van der Waals surface area contributed by atoms with Crippen molar-refractivity contribution in [2.75, 3.05) is 13.1 Å². The Labute approximate surface area is 219 Å². The van der Waals surface area contributed by atoms with Gasteiger partial charge in [-0.2, -0.15) is 5.26 Å². The molecule has 2 atom stereocenters. The molecule has 0 N–H and O–H groups in total. The van der Waals surface area contributed by atoms with Gasteiger partial charge in [0.15, 0.2) is 0 Å². The van der Waals surface area contributed by atoms with Crippen molar-refractivity contribution in [2.45, 2.75) is 31.5 Å². The van der Waals surface area contributed by atoms with Gasteiger partial charge in [-0.1, -0.05) is 54.9 Å². The van der Waals surface area contributed by atoms with E-state index in [1.165, 1.54) is 6.07 Å². The molecule has 0 saturated carbocycles. The van der Waals surface area contributed by atoms with Crippen molar-refractivity contribution in [3.05, 3.63) is 106 Å². The number of nitrogens with zero attached hydrogens (tertiary/aromatic N) is 4. The zero-order valence-electron chi connectivity index (χ0n) is 20.2. The van der Waals surface area contributed by atoms with Crippen LogP contribution in [0.4, 0.5) is 8.78 Å². The number of aromatic nitrogens is 2. The normalized spacial score (nSPS) is 16.5. The lowest BCUT2D eigenvalue weighted by Crippen LogP contribution is -2.57. The quantitative estimate of drug-likeness (QED) is 0.257. The molecule has 1 fully saturated rings. The minimum absolute atomic E-state index is 0.0347. The zero-order valence-corrected chi connectivity index (χ0v) is 21.0. The fourth-order valence-electron chi connectivity index (χ4n) is 5.20. The summed E-state index contributed by atoms with van der Waals surface area (Å²) in [6, 6.07) is 21.7. The highest BCUT2D eigenvalue weighted by atomic mass is 35.5. The molecule has 1 aliphatic rings. The number of hydrogen-bond acceptors (Lipinski definition) is 5. The van der Waals surface area contributed by atoms with Crippen molar-refractivity contribution < 1.29 is 13.2 Å². The predicted octanol–water partition coefficient (Wildman–Crippen LogP) is 6.78. The summed E-state index contributed by atoms with van der Waals surface area (Å²) in [6.45, 7) is 2.85. The molecule has 0 aliphatic carbocycles. The monoisotopic (exact) mass is 518 g/mol. The second kappa shape index (κ2) is 10.4. The molecular formula is C29H25ClF2N4O. The van der Waals surface area contributed by atoms with Crippen molar-refractivity contribution in [2.24, 2.45) is 5.92 Å². The molecule has 0 spiro atoms. The third-order valence-electron chi connectivity index (χ3n) is 7.27. The van der Waals surface area contributed by atoms with Crippen LogP contribution in [0.25, 0.3) is 11.5 Å². The first-order chi connectivity index (χ1) is 17.9. The maximum absolute atomic E-state index is 16.5. The highest BCUT2D eigenvalue weighted by Crippen LogP contribution is 2.43. The zero-order chi connectivity index (χ0) is 26.0. The van der Waals surface area contributed by atoms with E-state index in [2.05, 4.69) is 21.2 Å². The summed E-state index contributed by atoms with van der Waals surface area (Å²) >= 11 is 6.13. The second-order valence-corrected chi connectivity index (χ2v) is 9.86. The number of benzene rings is 3. The fraction of sp³-hybridized carbons (Fsp3) is 0.276. The summed E-state index contributed by atoms with van der Waals surface area (Å²) < 4.78 is 36.5. The molecule has 188 valence electrons. The van der Waals surface area contributed by atoms with Crippen LogP contribution in [0.15, 0.2) is 77.5 Å². The summed E-state index contributed by atoms with van der Waals surface area (Å²) in [5.41, 5.74) is 1.65. The molecule has 0 radical (unpaired) electrons. The molecular weight excluding hydrogens is 494 g/mol. The van der Waals surface area contributed by atoms with E-state index in [9.17, 15) is 9.65 Å². The van der Waals surface area contributed by atoms with Crippen LogP contribution < -0.4 is 0 Å². The highest BCUT2D eigenvalue weighted by molar-refractivity contribution is 6.30. The van der Waals surface area contributed by atoms with Crippen LogP contribution in [-0.4, -0.2) is 33.9 Å². The molecule has 3 aromatic carbocycles. The third kappa shape index (κ3) is 5.00. The van der Waals surface area contributed by atoms with Crippen LogP contribution in [0, 0.1) is 23.1 Å². The molecule has 2 heterocycles. The molecule has 0 amide bonds. The Kier molecular flexibility index (Phi) is 7.05. The smallest absolute Gasteiger partial charge is 0.250 e. The van der Waals surface area contributed by atoms with E-state index in [-0.39, 0.29) is 36.3 Å². The Morgan fingerprint density at radius 2 is 1.89 bits per heavy atom. The molecule has 0 bridgehead atoms. The fourth-order valence-corrected chi connectivity index (χ4v) is 5.33. The van der Waals surface area contributed by atoms with Gasteiger partial charge in [0.25, 0.3) is 5.89 Å². The van der Waals surface area contributed by atoms with Crippen molar-refractivity contribution >= 4 is 11.6 Å². The Hall–Kier alpha value is -3.60. The number of halogens is 3. The van der Waals surface area contributed by atoms with Crippen LogP contribution in [0.2, 0.25) is 5.02 Å². The van der Waals surface area contributed by atoms with E-state index in [4.69, 9.17) is 16.0 Å². The van der Waals surface area contributed by atoms with Gasteiger partial charge in [0.1, 0.15) is 11.5 Å². The van der Waals surface area contributed by atoms with Crippen molar-refractivity contribution in [1.82, 2.24) is 15.1 Å². The number of alkyl halides is 1. The summed E-state index contributed by atoms with van der Waals surface area (Å²) in [7, 11) is 0. The topological polar surface area (TPSA) is 66.0 Å². The summed E-state index contributed by atoms with van der Waals surface area (Å²) in [5.74, 6) is -0.733. The second-order valence-electron chi connectivity index (χ2n) is 9.42. The predicted molar refractivity (Wildman–Crippen MR) is 137 cm³/mol. The molecule has 5 rings (SSSR count). The summed E-state index contributed by atoms with van der Waals surface area (Å²) in [6.07, 6.45) is 1.45. The SMILES string of the molecule is CC[C@](F)(Cc1cccc(F)c1-c1nnco1)C1CN([C@@H](c2ccc(Cl)cc2)c2cccc(C#N)c2)C1. The number of hydrogen-bond donors (Lipinski definition) is 0. The first-order valence-corrected chi connectivity index (χ1v) is 12.5. The van der Waals surface area contributed by atoms with Gasteiger partial charge in [0, 0.05) is 30.5 Å². The first kappa shape index (κ1) is 25.1. The first-order valence-electron chi connectivity index (χ1n) is 12.1. The molecule has 8 heteroatoms. The van der Waals surface area contributed by atoms with E-state index < -0.39 is 11.5 Å². The Morgan fingerprint density at radius 3 is 2.57 bits per heavy atom. The van der Waals surface area contributed by atoms with E-state index in [0.717, 1.165) is 17.5 Å². The molecule has 4 aromatic rings. The highest BCUT2D eigenvalue weighted by Gasteiger charge is 2.47. The van der Waals surface area contributed by atoms with Crippen molar-refractivity contribution in [3.8, 4) is 17.5 Å².